The molecule has 0 fully saturated rings. The predicted octanol–water partition coefficient (Wildman–Crippen LogP) is 3.25. The number of alkyl halides is 1. The summed E-state index contributed by atoms with van der Waals surface area (Å²) in [6.45, 7) is 5.91. The van der Waals surface area contributed by atoms with Gasteiger partial charge in [-0.15, -0.1) is 0 Å². The fourth-order valence-electron chi connectivity index (χ4n) is 1.94. The van der Waals surface area contributed by atoms with Crippen molar-refractivity contribution in [1.82, 2.24) is 10.2 Å². The molecule has 0 atom stereocenters. The molecule has 0 aliphatic carbocycles. The van der Waals surface area contributed by atoms with Crippen molar-refractivity contribution in [1.29, 1.82) is 0 Å². The highest BCUT2D eigenvalue weighted by atomic mass is 79.9. The molecule has 0 saturated heterocycles. The number of halogens is 1. The number of primary amides is 1. The van der Waals surface area contributed by atoms with Gasteiger partial charge in [0.25, 0.3) is 0 Å². The number of carbonyl (C=O) groups excluding carboxylic acids is 1. The first-order valence-corrected chi connectivity index (χ1v) is 7.65. The Kier molecular flexibility index (Phi) is 4.37. The summed E-state index contributed by atoms with van der Waals surface area (Å²) in [6, 6.07) is 5.15. The molecule has 0 bridgehead atoms. The van der Waals surface area contributed by atoms with E-state index >= 15 is 0 Å². The Morgan fingerprint density at radius 3 is 2.71 bits per heavy atom. The number of nitrogens with one attached hydrogen (secondary N) is 1. The molecule has 6 heteroatoms. The van der Waals surface area contributed by atoms with Crippen molar-refractivity contribution < 1.29 is 9.53 Å². The summed E-state index contributed by atoms with van der Waals surface area (Å²) in [5, 5.41) is 7.66. The van der Waals surface area contributed by atoms with Crippen LogP contribution < -0.4 is 10.5 Å². The summed E-state index contributed by atoms with van der Waals surface area (Å²) in [5.41, 5.74) is 8.02. The molecule has 1 aromatic carbocycles. The Morgan fingerprint density at radius 1 is 1.43 bits per heavy atom. The first-order chi connectivity index (χ1) is 9.81. The molecule has 1 heterocycles. The lowest BCUT2D eigenvalue weighted by Crippen LogP contribution is -2.23. The van der Waals surface area contributed by atoms with Crippen molar-refractivity contribution >= 4 is 21.8 Å². The van der Waals surface area contributed by atoms with Crippen molar-refractivity contribution in [2.24, 2.45) is 5.73 Å². The molecular formula is C15H18BrN3O2. The number of aromatic amines is 1. The molecule has 0 aliphatic heterocycles. The average molecular weight is 352 g/mol. The molecule has 1 aromatic heterocycles. The fraction of sp³-hybridized carbons (Fsp3) is 0.333. The maximum absolute atomic E-state index is 11.4. The van der Waals surface area contributed by atoms with E-state index in [0.717, 1.165) is 16.8 Å². The van der Waals surface area contributed by atoms with Gasteiger partial charge < -0.3 is 10.5 Å². The Balaban J connectivity index is 2.58. The van der Waals surface area contributed by atoms with E-state index < -0.39 is 5.91 Å². The third-order valence-corrected chi connectivity index (χ3v) is 3.42. The predicted molar refractivity (Wildman–Crippen MR) is 85.6 cm³/mol. The van der Waals surface area contributed by atoms with Crippen LogP contribution in [0.5, 0.6) is 5.75 Å². The van der Waals surface area contributed by atoms with Gasteiger partial charge in [0.1, 0.15) is 11.4 Å². The smallest absolute Gasteiger partial charge is 0.248 e. The van der Waals surface area contributed by atoms with Gasteiger partial charge in [-0.2, -0.15) is 5.10 Å². The normalized spacial score (nSPS) is 11.4. The van der Waals surface area contributed by atoms with Crippen LogP contribution >= 0.6 is 15.9 Å². The number of carbonyl (C=O) groups is 1. The molecule has 112 valence electrons. The lowest BCUT2D eigenvalue weighted by Gasteiger charge is -2.23. The van der Waals surface area contributed by atoms with Gasteiger partial charge in [0.05, 0.1) is 11.9 Å². The summed E-state index contributed by atoms with van der Waals surface area (Å²) in [5.74, 6) is 0.206. The van der Waals surface area contributed by atoms with Crippen LogP contribution in [0.4, 0.5) is 0 Å². The van der Waals surface area contributed by atoms with Crippen molar-refractivity contribution in [3.8, 4) is 17.0 Å². The largest absolute Gasteiger partial charge is 0.487 e. The molecule has 0 radical (unpaired) electrons. The van der Waals surface area contributed by atoms with E-state index in [9.17, 15) is 4.79 Å². The SMILES string of the molecule is CC(C)(C)Oc1ccc(C(N)=O)cc1-c1[nH]ncc1CBr. The van der Waals surface area contributed by atoms with Gasteiger partial charge in [-0.3, -0.25) is 9.89 Å². The molecule has 1 amide bonds. The minimum absolute atomic E-state index is 0.350. The second-order valence-corrected chi connectivity index (χ2v) is 6.25. The minimum Gasteiger partial charge on any atom is -0.487 e. The topological polar surface area (TPSA) is 81.0 Å². The van der Waals surface area contributed by atoms with Crippen molar-refractivity contribution in [2.75, 3.05) is 0 Å². The highest BCUT2D eigenvalue weighted by molar-refractivity contribution is 9.08. The quantitative estimate of drug-likeness (QED) is 0.829. The molecule has 2 aromatic rings. The molecular weight excluding hydrogens is 334 g/mol. The van der Waals surface area contributed by atoms with Crippen LogP contribution in [0.15, 0.2) is 24.4 Å². The van der Waals surface area contributed by atoms with Crippen LogP contribution in [0, 0.1) is 0 Å². The number of benzene rings is 1. The van der Waals surface area contributed by atoms with Gasteiger partial charge in [0, 0.05) is 22.0 Å². The second-order valence-electron chi connectivity index (χ2n) is 5.69. The third kappa shape index (κ3) is 3.64. The van der Waals surface area contributed by atoms with E-state index in [4.69, 9.17) is 10.5 Å². The summed E-state index contributed by atoms with van der Waals surface area (Å²) in [6.07, 6.45) is 1.74. The van der Waals surface area contributed by atoms with Crippen molar-refractivity contribution in [2.45, 2.75) is 31.7 Å². The van der Waals surface area contributed by atoms with Crippen LogP contribution in [0.25, 0.3) is 11.3 Å². The molecule has 0 unspecified atom stereocenters. The van der Waals surface area contributed by atoms with E-state index in [0.29, 0.717) is 16.6 Å². The molecule has 0 spiro atoms. The number of hydrogen-bond acceptors (Lipinski definition) is 3. The number of nitrogens with zero attached hydrogens (tertiary/aromatic N) is 1. The van der Waals surface area contributed by atoms with E-state index in [1.165, 1.54) is 0 Å². The molecule has 0 aliphatic rings. The Bertz CT molecular complexity index is 659. The summed E-state index contributed by atoms with van der Waals surface area (Å²) >= 11 is 3.43. The highest BCUT2D eigenvalue weighted by Gasteiger charge is 2.19. The summed E-state index contributed by atoms with van der Waals surface area (Å²) < 4.78 is 5.98. The third-order valence-electron chi connectivity index (χ3n) is 2.81. The fourth-order valence-corrected chi connectivity index (χ4v) is 2.37. The Morgan fingerprint density at radius 2 is 2.14 bits per heavy atom. The van der Waals surface area contributed by atoms with E-state index in [2.05, 4.69) is 26.1 Å². The molecule has 21 heavy (non-hydrogen) atoms. The Hall–Kier alpha value is -1.82. The van der Waals surface area contributed by atoms with E-state index in [-0.39, 0.29) is 5.60 Å². The van der Waals surface area contributed by atoms with Gasteiger partial charge in [-0.05, 0) is 39.0 Å². The molecule has 3 N–H and O–H groups in total. The summed E-state index contributed by atoms with van der Waals surface area (Å²) in [7, 11) is 0. The lowest BCUT2D eigenvalue weighted by molar-refractivity contribution is 0.1000. The van der Waals surface area contributed by atoms with Crippen LogP contribution in [0.3, 0.4) is 0 Å². The van der Waals surface area contributed by atoms with Crippen LogP contribution in [0.2, 0.25) is 0 Å². The number of nitrogens with two attached hydrogens (primary N) is 1. The van der Waals surface area contributed by atoms with Crippen molar-refractivity contribution in [3.05, 3.63) is 35.5 Å². The van der Waals surface area contributed by atoms with Crippen LogP contribution in [0.1, 0.15) is 36.7 Å². The van der Waals surface area contributed by atoms with Crippen LogP contribution in [-0.4, -0.2) is 21.7 Å². The monoisotopic (exact) mass is 351 g/mol. The second kappa shape index (κ2) is 5.89. The maximum Gasteiger partial charge on any atom is 0.248 e. The van der Waals surface area contributed by atoms with Gasteiger partial charge >= 0.3 is 0 Å². The van der Waals surface area contributed by atoms with E-state index in [1.54, 1.807) is 24.4 Å². The molecule has 5 nitrogen and oxygen atoms in total. The minimum atomic E-state index is -0.474. The standard InChI is InChI=1S/C15H18BrN3O2/c1-15(2,3)21-12-5-4-9(14(17)20)6-11(12)13-10(7-16)8-18-19-13/h4-6,8H,7H2,1-3H3,(H2,17,20)(H,18,19). The van der Waals surface area contributed by atoms with Gasteiger partial charge in [-0.1, -0.05) is 15.9 Å². The number of H-pyrrole nitrogens is 1. The van der Waals surface area contributed by atoms with E-state index in [1.807, 2.05) is 20.8 Å². The molecule has 2 rings (SSSR count). The molecule has 0 saturated carbocycles. The zero-order valence-corrected chi connectivity index (χ0v) is 13.8. The van der Waals surface area contributed by atoms with Crippen molar-refractivity contribution in [3.63, 3.8) is 0 Å². The first kappa shape index (κ1) is 15.6. The number of amides is 1. The Labute approximate surface area is 132 Å². The van der Waals surface area contributed by atoms with Gasteiger partial charge in [0.2, 0.25) is 5.91 Å². The highest BCUT2D eigenvalue weighted by Crippen LogP contribution is 2.34. The zero-order chi connectivity index (χ0) is 15.6. The number of ether oxygens (including phenoxy) is 1. The van der Waals surface area contributed by atoms with Gasteiger partial charge in [-0.25, -0.2) is 0 Å². The first-order valence-electron chi connectivity index (χ1n) is 6.53. The van der Waals surface area contributed by atoms with Crippen LogP contribution in [-0.2, 0) is 5.33 Å². The van der Waals surface area contributed by atoms with Gasteiger partial charge in [0.15, 0.2) is 0 Å². The zero-order valence-electron chi connectivity index (χ0n) is 12.2. The average Bonchev–Trinajstić information content (AvgIpc) is 2.85. The maximum atomic E-state index is 11.4. The number of rotatable bonds is 4. The number of hydrogen-bond donors (Lipinski definition) is 2. The summed E-state index contributed by atoms with van der Waals surface area (Å²) in [4.78, 5) is 11.4. The lowest BCUT2D eigenvalue weighted by atomic mass is 10.0. The number of aromatic nitrogens is 2.